The minimum atomic E-state index is -3.17. The van der Waals surface area contributed by atoms with Crippen molar-refractivity contribution < 1.29 is 27.8 Å². The minimum Gasteiger partial charge on any atom is -0.489 e. The zero-order chi connectivity index (χ0) is 22.4. The smallest absolute Gasteiger partial charge is 0.255 e. The van der Waals surface area contributed by atoms with Crippen LogP contribution in [0.5, 0.6) is 11.5 Å². The Morgan fingerprint density at radius 2 is 2.00 bits per heavy atom. The van der Waals surface area contributed by atoms with E-state index < -0.39 is 16.1 Å². The summed E-state index contributed by atoms with van der Waals surface area (Å²) < 4.78 is 36.2. The highest BCUT2D eigenvalue weighted by Crippen LogP contribution is 2.36. The van der Waals surface area contributed by atoms with Crippen molar-refractivity contribution in [3.63, 3.8) is 0 Å². The highest BCUT2D eigenvalue weighted by Gasteiger charge is 2.28. The number of fused-ring (bicyclic) bond motifs is 1. The third-order valence-electron chi connectivity index (χ3n) is 5.68. The average Bonchev–Trinajstić information content (AvgIpc) is 2.97. The number of piperidine rings is 1. The van der Waals surface area contributed by atoms with Crippen LogP contribution in [0.1, 0.15) is 35.2 Å². The average molecular weight is 456 g/mol. The molecule has 0 radical (unpaired) electrons. The number of rotatable bonds is 8. The van der Waals surface area contributed by atoms with Gasteiger partial charge in [0.15, 0.2) is 11.5 Å². The molecule has 0 bridgehead atoms. The summed E-state index contributed by atoms with van der Waals surface area (Å²) in [6.07, 6.45) is 2.80. The molecule has 0 saturated carbocycles. The van der Waals surface area contributed by atoms with E-state index in [1.54, 1.807) is 6.07 Å². The predicted molar refractivity (Wildman–Crippen MR) is 117 cm³/mol. The number of nitrogens with one attached hydrogen (secondary N) is 2. The molecule has 2 atom stereocenters. The number of likely N-dealkylation sites (tertiary alicyclic amines) is 1. The lowest BCUT2D eigenvalue weighted by molar-refractivity contribution is 0.0219. The van der Waals surface area contributed by atoms with Gasteiger partial charge in [-0.25, -0.2) is 13.1 Å². The van der Waals surface area contributed by atoms with Gasteiger partial charge in [0, 0.05) is 32.0 Å². The highest BCUT2D eigenvalue weighted by molar-refractivity contribution is 7.88. The monoisotopic (exact) mass is 455 g/mol. The van der Waals surface area contributed by atoms with Crippen LogP contribution in [0.25, 0.3) is 0 Å². The molecule has 3 rings (SSSR count). The Balaban J connectivity index is 1.48. The Kier molecular flexibility index (Phi) is 8.15. The molecule has 174 valence electrons. The van der Waals surface area contributed by atoms with Crippen molar-refractivity contribution in [3.8, 4) is 11.5 Å². The van der Waals surface area contributed by atoms with E-state index in [1.165, 1.54) is 0 Å². The molecular weight excluding hydrogens is 422 g/mol. The lowest BCUT2D eigenvalue weighted by atomic mass is 9.93. The number of aliphatic hydroxyl groups excluding tert-OH is 1. The van der Waals surface area contributed by atoms with Crippen LogP contribution in [0.2, 0.25) is 0 Å². The molecule has 2 aliphatic heterocycles. The second kappa shape index (κ2) is 10.6. The molecule has 10 heteroatoms. The van der Waals surface area contributed by atoms with Gasteiger partial charge < -0.3 is 24.8 Å². The Morgan fingerprint density at radius 3 is 2.71 bits per heavy atom. The van der Waals surface area contributed by atoms with E-state index in [9.17, 15) is 18.3 Å². The largest absolute Gasteiger partial charge is 0.489 e. The standard InChI is InChI=1S/C21H33N3O6S/c1-15-5-6-17(20-19(15)29-11-4-12-30-20)21(26)22-13-16-7-10-24(14-18(16)25)9-3-8-23-31(2,27)28/h5-6,16,18,23,25H,3-4,7-14H2,1-2H3,(H,22,26)/t16-,18+/m0/s1. The first-order chi connectivity index (χ1) is 14.7. The fraction of sp³-hybridized carbons (Fsp3) is 0.667. The van der Waals surface area contributed by atoms with E-state index in [4.69, 9.17) is 9.47 Å². The summed E-state index contributed by atoms with van der Waals surface area (Å²) in [7, 11) is -3.17. The first-order valence-corrected chi connectivity index (χ1v) is 12.7. The molecule has 1 fully saturated rings. The van der Waals surface area contributed by atoms with Crippen LogP contribution in [-0.4, -0.2) is 82.6 Å². The number of benzene rings is 1. The first kappa shape index (κ1) is 23.8. The molecular formula is C21H33N3O6S. The summed E-state index contributed by atoms with van der Waals surface area (Å²) in [6, 6.07) is 3.61. The van der Waals surface area contributed by atoms with Crippen LogP contribution < -0.4 is 19.5 Å². The lowest BCUT2D eigenvalue weighted by Crippen LogP contribution is -2.48. The van der Waals surface area contributed by atoms with Gasteiger partial charge in [-0.3, -0.25) is 4.79 Å². The van der Waals surface area contributed by atoms with Crippen LogP contribution in [0, 0.1) is 12.8 Å². The summed E-state index contributed by atoms with van der Waals surface area (Å²) in [4.78, 5) is 14.9. The van der Waals surface area contributed by atoms with Crippen molar-refractivity contribution in [1.29, 1.82) is 0 Å². The maximum Gasteiger partial charge on any atom is 0.255 e. The molecule has 1 aromatic rings. The highest BCUT2D eigenvalue weighted by atomic mass is 32.2. The van der Waals surface area contributed by atoms with Gasteiger partial charge in [0.05, 0.1) is 31.1 Å². The van der Waals surface area contributed by atoms with Gasteiger partial charge in [-0.2, -0.15) is 0 Å². The number of amides is 1. The van der Waals surface area contributed by atoms with Crippen LogP contribution in [0.4, 0.5) is 0 Å². The molecule has 0 aromatic heterocycles. The van der Waals surface area contributed by atoms with Gasteiger partial charge in [0.1, 0.15) is 0 Å². The Bertz CT molecular complexity index is 876. The first-order valence-electron chi connectivity index (χ1n) is 10.8. The van der Waals surface area contributed by atoms with Crippen molar-refractivity contribution in [1.82, 2.24) is 14.9 Å². The molecule has 0 aliphatic carbocycles. The SMILES string of the molecule is Cc1ccc(C(=O)NC[C@@H]2CCN(CCCNS(C)(=O)=O)C[C@H]2O)c2c1OCCCO2. The number of nitrogens with zero attached hydrogens (tertiary/aromatic N) is 1. The second-order valence-electron chi connectivity index (χ2n) is 8.29. The number of sulfonamides is 1. The molecule has 0 spiro atoms. The normalized spacial score (nSPS) is 22.0. The Morgan fingerprint density at radius 1 is 1.26 bits per heavy atom. The molecule has 1 amide bonds. The zero-order valence-electron chi connectivity index (χ0n) is 18.2. The summed E-state index contributed by atoms with van der Waals surface area (Å²) >= 11 is 0. The third-order valence-corrected chi connectivity index (χ3v) is 6.41. The lowest BCUT2D eigenvalue weighted by Gasteiger charge is -2.36. The van der Waals surface area contributed by atoms with E-state index in [0.29, 0.717) is 62.9 Å². The van der Waals surface area contributed by atoms with Gasteiger partial charge in [-0.05, 0) is 44.5 Å². The summed E-state index contributed by atoms with van der Waals surface area (Å²) in [5.74, 6) is 0.857. The maximum absolute atomic E-state index is 12.8. The van der Waals surface area contributed by atoms with E-state index in [2.05, 4.69) is 14.9 Å². The van der Waals surface area contributed by atoms with Gasteiger partial charge in [0.25, 0.3) is 5.91 Å². The maximum atomic E-state index is 12.8. The second-order valence-corrected chi connectivity index (χ2v) is 10.1. The Labute approximate surface area is 184 Å². The van der Waals surface area contributed by atoms with Crippen molar-refractivity contribution in [2.24, 2.45) is 5.92 Å². The molecule has 3 N–H and O–H groups in total. The molecule has 1 aromatic carbocycles. The quantitative estimate of drug-likeness (QED) is 0.489. The van der Waals surface area contributed by atoms with Gasteiger partial charge in [-0.1, -0.05) is 6.07 Å². The van der Waals surface area contributed by atoms with E-state index in [1.807, 2.05) is 13.0 Å². The number of carbonyl (C=O) groups excluding carboxylic acids is 1. The van der Waals surface area contributed by atoms with Crippen LogP contribution >= 0.6 is 0 Å². The van der Waals surface area contributed by atoms with Crippen molar-refractivity contribution in [2.75, 3.05) is 52.2 Å². The number of aryl methyl sites for hydroxylation is 1. The Hall–Kier alpha value is -1.88. The fourth-order valence-electron chi connectivity index (χ4n) is 3.94. The molecule has 31 heavy (non-hydrogen) atoms. The van der Waals surface area contributed by atoms with Crippen molar-refractivity contribution in [2.45, 2.75) is 32.3 Å². The summed E-state index contributed by atoms with van der Waals surface area (Å²) in [5.41, 5.74) is 1.38. The summed E-state index contributed by atoms with van der Waals surface area (Å²) in [5, 5.41) is 13.5. The van der Waals surface area contributed by atoms with Crippen LogP contribution in [-0.2, 0) is 10.0 Å². The minimum absolute atomic E-state index is 0.0319. The molecule has 1 saturated heterocycles. The van der Waals surface area contributed by atoms with E-state index in [-0.39, 0.29) is 11.8 Å². The molecule has 9 nitrogen and oxygen atoms in total. The van der Waals surface area contributed by atoms with Gasteiger partial charge in [0.2, 0.25) is 10.0 Å². The van der Waals surface area contributed by atoms with Gasteiger partial charge >= 0.3 is 0 Å². The van der Waals surface area contributed by atoms with Crippen molar-refractivity contribution in [3.05, 3.63) is 23.3 Å². The molecule has 0 unspecified atom stereocenters. The van der Waals surface area contributed by atoms with Crippen molar-refractivity contribution >= 4 is 15.9 Å². The van der Waals surface area contributed by atoms with Gasteiger partial charge in [-0.15, -0.1) is 0 Å². The van der Waals surface area contributed by atoms with E-state index in [0.717, 1.165) is 31.2 Å². The molecule has 2 aliphatic rings. The number of ether oxygens (including phenoxy) is 2. The third kappa shape index (κ3) is 6.80. The zero-order valence-corrected chi connectivity index (χ0v) is 19.0. The fourth-order valence-corrected chi connectivity index (χ4v) is 4.45. The number of hydrogen-bond acceptors (Lipinski definition) is 7. The summed E-state index contributed by atoms with van der Waals surface area (Å²) in [6.45, 7) is 5.79. The number of carbonyl (C=O) groups is 1. The van der Waals surface area contributed by atoms with Crippen LogP contribution in [0.3, 0.4) is 0 Å². The van der Waals surface area contributed by atoms with Crippen LogP contribution in [0.15, 0.2) is 12.1 Å². The topological polar surface area (TPSA) is 117 Å². The number of β-amino-alcohol motifs (C(OH)–C–C–N with tert-alkyl or cyclic N) is 1. The van der Waals surface area contributed by atoms with E-state index >= 15 is 0 Å². The molecule has 2 heterocycles. The predicted octanol–water partition coefficient (Wildman–Crippen LogP) is 0.508. The number of hydrogen-bond donors (Lipinski definition) is 3. The number of aliphatic hydroxyl groups is 1.